The van der Waals surface area contributed by atoms with Crippen molar-refractivity contribution in [2.75, 3.05) is 0 Å². The Morgan fingerprint density at radius 2 is 1.52 bits per heavy atom. The normalized spacial score (nSPS) is 11.9. The quantitative estimate of drug-likeness (QED) is 0.490. The van der Waals surface area contributed by atoms with Gasteiger partial charge in [0, 0.05) is 28.7 Å². The zero-order valence-corrected chi connectivity index (χ0v) is 16.5. The molecule has 3 rings (SSSR count). The SMILES string of the molecule is C[C@@H](CCc1ccccc1)NCc1ccccc1OCc1ccccc1Cl. The molecule has 3 heteroatoms. The average Bonchev–Trinajstić information content (AvgIpc) is 2.71. The number of para-hydroxylation sites is 1. The number of halogens is 1. The predicted molar refractivity (Wildman–Crippen MR) is 113 cm³/mol. The highest BCUT2D eigenvalue weighted by atomic mass is 35.5. The van der Waals surface area contributed by atoms with Gasteiger partial charge in [-0.2, -0.15) is 0 Å². The van der Waals surface area contributed by atoms with Gasteiger partial charge in [0.1, 0.15) is 12.4 Å². The number of nitrogens with one attached hydrogen (secondary N) is 1. The number of hydrogen-bond donors (Lipinski definition) is 1. The maximum absolute atomic E-state index is 6.23. The van der Waals surface area contributed by atoms with Crippen LogP contribution < -0.4 is 10.1 Å². The topological polar surface area (TPSA) is 21.3 Å². The van der Waals surface area contributed by atoms with Gasteiger partial charge in [-0.15, -0.1) is 0 Å². The summed E-state index contributed by atoms with van der Waals surface area (Å²) in [5.74, 6) is 0.903. The first kappa shape index (κ1) is 19.5. The number of aryl methyl sites for hydroxylation is 1. The fourth-order valence-electron chi connectivity index (χ4n) is 2.98. The Balaban J connectivity index is 1.52. The number of benzene rings is 3. The van der Waals surface area contributed by atoms with Gasteiger partial charge >= 0.3 is 0 Å². The average molecular weight is 380 g/mol. The summed E-state index contributed by atoms with van der Waals surface area (Å²) in [7, 11) is 0. The molecular formula is C24H26ClNO. The third kappa shape index (κ3) is 6.13. The summed E-state index contributed by atoms with van der Waals surface area (Å²) in [6.45, 7) is 3.49. The molecule has 1 N–H and O–H groups in total. The van der Waals surface area contributed by atoms with Gasteiger partial charge in [-0.05, 0) is 37.5 Å². The molecule has 27 heavy (non-hydrogen) atoms. The lowest BCUT2D eigenvalue weighted by molar-refractivity contribution is 0.301. The van der Waals surface area contributed by atoms with Crippen LogP contribution in [0.5, 0.6) is 5.75 Å². The van der Waals surface area contributed by atoms with Gasteiger partial charge in [0.15, 0.2) is 0 Å². The molecule has 0 aliphatic carbocycles. The molecule has 2 nitrogen and oxygen atoms in total. The minimum atomic E-state index is 0.432. The molecule has 3 aromatic carbocycles. The lowest BCUT2D eigenvalue weighted by Gasteiger charge is -2.16. The number of hydrogen-bond acceptors (Lipinski definition) is 2. The van der Waals surface area contributed by atoms with Gasteiger partial charge in [-0.25, -0.2) is 0 Å². The predicted octanol–water partition coefficient (Wildman–Crippen LogP) is 6.03. The fourth-order valence-corrected chi connectivity index (χ4v) is 3.17. The molecule has 0 fully saturated rings. The van der Waals surface area contributed by atoms with E-state index in [-0.39, 0.29) is 0 Å². The second kappa shape index (κ2) is 10.1. The third-order valence-electron chi connectivity index (χ3n) is 4.66. The van der Waals surface area contributed by atoms with Gasteiger partial charge in [-0.3, -0.25) is 0 Å². The van der Waals surface area contributed by atoms with Gasteiger partial charge in [0.2, 0.25) is 0 Å². The van der Waals surface area contributed by atoms with Crippen molar-refractivity contribution in [1.82, 2.24) is 5.32 Å². The van der Waals surface area contributed by atoms with E-state index < -0.39 is 0 Å². The molecule has 0 aromatic heterocycles. The molecule has 0 aliphatic rings. The van der Waals surface area contributed by atoms with Crippen molar-refractivity contribution in [3.63, 3.8) is 0 Å². The van der Waals surface area contributed by atoms with E-state index in [1.165, 1.54) is 5.56 Å². The summed E-state index contributed by atoms with van der Waals surface area (Å²) >= 11 is 6.23. The molecule has 0 saturated heterocycles. The van der Waals surface area contributed by atoms with Crippen LogP contribution in [0.15, 0.2) is 78.9 Å². The Kier molecular flexibility index (Phi) is 7.32. The van der Waals surface area contributed by atoms with Gasteiger partial charge < -0.3 is 10.1 Å². The van der Waals surface area contributed by atoms with Crippen LogP contribution in [-0.4, -0.2) is 6.04 Å². The molecule has 0 saturated carbocycles. The summed E-state index contributed by atoms with van der Waals surface area (Å²) in [5, 5.41) is 4.35. The second-order valence-electron chi connectivity index (χ2n) is 6.79. The molecule has 0 aliphatic heterocycles. The highest BCUT2D eigenvalue weighted by Gasteiger charge is 2.07. The van der Waals surface area contributed by atoms with E-state index in [2.05, 4.69) is 48.6 Å². The summed E-state index contributed by atoms with van der Waals surface area (Å²) < 4.78 is 6.04. The summed E-state index contributed by atoms with van der Waals surface area (Å²) in [6, 6.07) is 27.0. The van der Waals surface area contributed by atoms with Crippen molar-refractivity contribution in [3.05, 3.63) is 101 Å². The number of ether oxygens (including phenoxy) is 1. The molecular weight excluding hydrogens is 354 g/mol. The monoisotopic (exact) mass is 379 g/mol. The van der Waals surface area contributed by atoms with Crippen LogP contribution in [0.4, 0.5) is 0 Å². The maximum Gasteiger partial charge on any atom is 0.124 e. The fraction of sp³-hybridized carbons (Fsp3) is 0.250. The number of rotatable bonds is 9. The first-order chi connectivity index (χ1) is 13.2. The first-order valence-corrected chi connectivity index (χ1v) is 9.81. The van der Waals surface area contributed by atoms with Crippen molar-refractivity contribution in [2.45, 2.75) is 39.0 Å². The van der Waals surface area contributed by atoms with Crippen molar-refractivity contribution in [1.29, 1.82) is 0 Å². The second-order valence-corrected chi connectivity index (χ2v) is 7.20. The Morgan fingerprint density at radius 3 is 2.30 bits per heavy atom. The molecule has 1 atom stereocenters. The third-order valence-corrected chi connectivity index (χ3v) is 5.03. The maximum atomic E-state index is 6.23. The van der Waals surface area contributed by atoms with Crippen molar-refractivity contribution in [2.24, 2.45) is 0 Å². The minimum absolute atomic E-state index is 0.432. The van der Waals surface area contributed by atoms with Crippen molar-refractivity contribution < 1.29 is 4.74 Å². The summed E-state index contributed by atoms with van der Waals surface area (Å²) in [6.07, 6.45) is 2.19. The van der Waals surface area contributed by atoms with E-state index in [4.69, 9.17) is 16.3 Å². The molecule has 140 valence electrons. The van der Waals surface area contributed by atoms with Crippen LogP contribution in [0, 0.1) is 0 Å². The van der Waals surface area contributed by atoms with Crippen LogP contribution in [0.3, 0.4) is 0 Å². The first-order valence-electron chi connectivity index (χ1n) is 9.44. The van der Waals surface area contributed by atoms with Gasteiger partial charge in [0.05, 0.1) is 0 Å². The molecule has 0 radical (unpaired) electrons. The molecule has 0 spiro atoms. The van der Waals surface area contributed by atoms with Gasteiger partial charge in [-0.1, -0.05) is 78.3 Å². The van der Waals surface area contributed by atoms with Crippen molar-refractivity contribution >= 4 is 11.6 Å². The summed E-state index contributed by atoms with van der Waals surface area (Å²) in [5.41, 5.74) is 3.55. The van der Waals surface area contributed by atoms with Crippen LogP contribution in [0.2, 0.25) is 5.02 Å². The standard InChI is InChI=1S/C24H26ClNO/c1-19(15-16-20-9-3-2-4-10-20)26-17-21-11-6-8-14-24(21)27-18-22-12-5-7-13-23(22)25/h2-14,19,26H,15-18H2,1H3/t19-/m0/s1. The van der Waals surface area contributed by atoms with E-state index in [1.807, 2.05) is 42.5 Å². The zero-order valence-electron chi connectivity index (χ0n) is 15.7. The van der Waals surface area contributed by atoms with E-state index in [0.29, 0.717) is 12.6 Å². The zero-order chi connectivity index (χ0) is 18.9. The van der Waals surface area contributed by atoms with E-state index >= 15 is 0 Å². The smallest absolute Gasteiger partial charge is 0.124 e. The van der Waals surface area contributed by atoms with Crippen molar-refractivity contribution in [3.8, 4) is 5.75 Å². The Hall–Kier alpha value is -2.29. The highest BCUT2D eigenvalue weighted by Crippen LogP contribution is 2.22. The Morgan fingerprint density at radius 1 is 0.852 bits per heavy atom. The summed E-state index contributed by atoms with van der Waals surface area (Å²) in [4.78, 5) is 0. The van der Waals surface area contributed by atoms with Crippen LogP contribution in [0.25, 0.3) is 0 Å². The Labute approximate surface area is 167 Å². The van der Waals surface area contributed by atoms with E-state index in [0.717, 1.165) is 41.3 Å². The van der Waals surface area contributed by atoms with E-state index in [1.54, 1.807) is 0 Å². The van der Waals surface area contributed by atoms with Gasteiger partial charge in [0.25, 0.3) is 0 Å². The minimum Gasteiger partial charge on any atom is -0.489 e. The molecule has 0 bridgehead atoms. The molecule has 0 amide bonds. The Bertz CT molecular complexity index is 835. The lowest BCUT2D eigenvalue weighted by atomic mass is 10.1. The highest BCUT2D eigenvalue weighted by molar-refractivity contribution is 6.31. The van der Waals surface area contributed by atoms with Crippen LogP contribution in [0.1, 0.15) is 30.0 Å². The molecule has 0 unspecified atom stereocenters. The lowest BCUT2D eigenvalue weighted by Crippen LogP contribution is -2.26. The largest absolute Gasteiger partial charge is 0.489 e. The molecule has 3 aromatic rings. The van der Waals surface area contributed by atoms with Crippen LogP contribution >= 0.6 is 11.6 Å². The van der Waals surface area contributed by atoms with E-state index in [9.17, 15) is 0 Å². The molecule has 0 heterocycles. The van der Waals surface area contributed by atoms with Crippen LogP contribution in [-0.2, 0) is 19.6 Å².